The van der Waals surface area contributed by atoms with Crippen molar-refractivity contribution in [2.24, 2.45) is 5.92 Å². The summed E-state index contributed by atoms with van der Waals surface area (Å²) in [4.78, 5) is 10.5. The van der Waals surface area contributed by atoms with Crippen LogP contribution in [0, 0.1) is 5.92 Å². The zero-order chi connectivity index (χ0) is 14.5. The number of alkyl halides is 3. The van der Waals surface area contributed by atoms with Crippen LogP contribution in [0.2, 0.25) is 0 Å². The molecule has 0 aliphatic heterocycles. The van der Waals surface area contributed by atoms with Crippen molar-refractivity contribution in [1.29, 1.82) is 0 Å². The van der Waals surface area contributed by atoms with Gasteiger partial charge in [-0.2, -0.15) is 13.2 Å². The van der Waals surface area contributed by atoms with E-state index in [9.17, 15) is 18.0 Å². The van der Waals surface area contributed by atoms with Crippen LogP contribution in [0.25, 0.3) is 0 Å². The molecule has 3 N–H and O–H groups in total. The van der Waals surface area contributed by atoms with Gasteiger partial charge in [0, 0.05) is 13.1 Å². The standard InChI is InChI=1S/C12H14F3NO3/c13-12(14,15)10(11(18)19)6-16-5-8-2-1-3-9(4-8)7-17/h1-4,10,16-17H,5-7H2,(H,18,19). The fourth-order valence-electron chi connectivity index (χ4n) is 1.54. The maximum atomic E-state index is 12.4. The number of rotatable bonds is 6. The third-order valence-electron chi connectivity index (χ3n) is 2.54. The van der Waals surface area contributed by atoms with E-state index in [1.807, 2.05) is 0 Å². The van der Waals surface area contributed by atoms with E-state index in [0.29, 0.717) is 11.1 Å². The minimum atomic E-state index is -4.77. The van der Waals surface area contributed by atoms with Gasteiger partial charge in [-0.15, -0.1) is 0 Å². The number of aliphatic hydroxyl groups excluding tert-OH is 1. The summed E-state index contributed by atoms with van der Waals surface area (Å²) in [6, 6.07) is 6.66. The van der Waals surface area contributed by atoms with E-state index < -0.39 is 24.6 Å². The second-order valence-electron chi connectivity index (χ2n) is 4.04. The number of nitrogens with one attached hydrogen (secondary N) is 1. The van der Waals surface area contributed by atoms with Crippen LogP contribution in [0.1, 0.15) is 11.1 Å². The molecule has 0 spiro atoms. The first-order chi connectivity index (χ1) is 8.84. The third kappa shape index (κ3) is 4.88. The number of carboxylic acid groups (broad SMARTS) is 1. The first-order valence-corrected chi connectivity index (χ1v) is 5.53. The number of carbonyl (C=O) groups is 1. The Kier molecular flexibility index (Phi) is 5.31. The van der Waals surface area contributed by atoms with Crippen molar-refractivity contribution >= 4 is 5.97 Å². The quantitative estimate of drug-likeness (QED) is 0.737. The van der Waals surface area contributed by atoms with E-state index in [4.69, 9.17) is 10.2 Å². The summed E-state index contributed by atoms with van der Waals surface area (Å²) in [7, 11) is 0. The van der Waals surface area contributed by atoms with Gasteiger partial charge >= 0.3 is 12.1 Å². The smallest absolute Gasteiger partial charge is 0.403 e. The van der Waals surface area contributed by atoms with Crippen molar-refractivity contribution in [3.8, 4) is 0 Å². The molecule has 4 nitrogen and oxygen atoms in total. The molecule has 0 aliphatic carbocycles. The van der Waals surface area contributed by atoms with Crippen LogP contribution < -0.4 is 5.32 Å². The maximum Gasteiger partial charge on any atom is 0.403 e. The van der Waals surface area contributed by atoms with Gasteiger partial charge in [0.15, 0.2) is 5.92 Å². The molecule has 106 valence electrons. The number of carboxylic acids is 1. The summed E-state index contributed by atoms with van der Waals surface area (Å²) in [5.74, 6) is -4.32. The van der Waals surface area contributed by atoms with Crippen molar-refractivity contribution < 1.29 is 28.2 Å². The molecule has 0 heterocycles. The Bertz CT molecular complexity index is 434. The highest BCUT2D eigenvalue weighted by molar-refractivity contribution is 5.71. The zero-order valence-electron chi connectivity index (χ0n) is 9.94. The van der Waals surface area contributed by atoms with Gasteiger partial charge in [-0.25, -0.2) is 0 Å². The number of hydrogen-bond donors (Lipinski definition) is 3. The van der Waals surface area contributed by atoms with Crippen LogP contribution in [-0.4, -0.2) is 28.9 Å². The second kappa shape index (κ2) is 6.53. The second-order valence-corrected chi connectivity index (χ2v) is 4.04. The lowest BCUT2D eigenvalue weighted by molar-refractivity contribution is -0.192. The van der Waals surface area contributed by atoms with Crippen LogP contribution >= 0.6 is 0 Å². The van der Waals surface area contributed by atoms with Crippen molar-refractivity contribution in [2.75, 3.05) is 6.54 Å². The van der Waals surface area contributed by atoms with E-state index in [0.717, 1.165) is 0 Å². The summed E-state index contributed by atoms with van der Waals surface area (Å²) in [6.07, 6.45) is -4.77. The van der Waals surface area contributed by atoms with Crippen LogP contribution in [0.4, 0.5) is 13.2 Å². The monoisotopic (exact) mass is 277 g/mol. The van der Waals surface area contributed by atoms with Crippen LogP contribution in [-0.2, 0) is 17.9 Å². The third-order valence-corrected chi connectivity index (χ3v) is 2.54. The zero-order valence-corrected chi connectivity index (χ0v) is 9.94. The van der Waals surface area contributed by atoms with Gasteiger partial charge in [0.2, 0.25) is 0 Å². The molecule has 0 saturated heterocycles. The highest BCUT2D eigenvalue weighted by Crippen LogP contribution is 2.25. The molecule has 0 saturated carbocycles. The van der Waals surface area contributed by atoms with Crippen molar-refractivity contribution in [3.63, 3.8) is 0 Å². The molecular formula is C12H14F3NO3. The molecule has 0 amide bonds. The lowest BCUT2D eigenvalue weighted by Gasteiger charge is -2.16. The predicted molar refractivity (Wildman–Crippen MR) is 61.3 cm³/mol. The van der Waals surface area contributed by atoms with Crippen molar-refractivity contribution in [2.45, 2.75) is 19.3 Å². The van der Waals surface area contributed by atoms with E-state index >= 15 is 0 Å². The van der Waals surface area contributed by atoms with E-state index in [1.165, 1.54) is 0 Å². The lowest BCUT2D eigenvalue weighted by atomic mass is 10.1. The Hall–Kier alpha value is -1.60. The van der Waals surface area contributed by atoms with Crippen molar-refractivity contribution in [1.82, 2.24) is 5.32 Å². The molecule has 0 radical (unpaired) electrons. The molecular weight excluding hydrogens is 263 g/mol. The molecule has 1 aromatic rings. The van der Waals surface area contributed by atoms with Gasteiger partial charge in [-0.05, 0) is 11.1 Å². The summed E-state index contributed by atoms with van der Waals surface area (Å²) < 4.78 is 37.1. The molecule has 0 aliphatic rings. The first kappa shape index (κ1) is 15.5. The van der Waals surface area contributed by atoms with Gasteiger partial charge in [0.05, 0.1) is 6.61 Å². The van der Waals surface area contributed by atoms with Gasteiger partial charge in [-0.3, -0.25) is 4.79 Å². The maximum absolute atomic E-state index is 12.4. The van der Waals surface area contributed by atoms with E-state index in [1.54, 1.807) is 24.3 Å². The number of aliphatic carboxylic acids is 1. The number of aliphatic hydroxyl groups is 1. The summed E-state index contributed by atoms with van der Waals surface area (Å²) in [6.45, 7) is -0.746. The Labute approximate surface area is 107 Å². The lowest BCUT2D eigenvalue weighted by Crippen LogP contribution is -2.38. The highest BCUT2D eigenvalue weighted by Gasteiger charge is 2.44. The fourth-order valence-corrected chi connectivity index (χ4v) is 1.54. The number of halogens is 3. The molecule has 0 fully saturated rings. The molecule has 1 unspecified atom stereocenters. The average Bonchev–Trinajstić information content (AvgIpc) is 2.33. The molecule has 0 aromatic heterocycles. The highest BCUT2D eigenvalue weighted by atomic mass is 19.4. The van der Waals surface area contributed by atoms with E-state index in [2.05, 4.69) is 5.32 Å². The summed E-state index contributed by atoms with van der Waals surface area (Å²) >= 11 is 0. The molecule has 7 heteroatoms. The van der Waals surface area contributed by atoms with Gasteiger partial charge in [-0.1, -0.05) is 24.3 Å². The van der Waals surface area contributed by atoms with Gasteiger partial charge in [0.1, 0.15) is 0 Å². The van der Waals surface area contributed by atoms with Crippen LogP contribution in [0.5, 0.6) is 0 Å². The normalized spacial score (nSPS) is 13.3. The Morgan fingerprint density at radius 1 is 1.32 bits per heavy atom. The van der Waals surface area contributed by atoms with Gasteiger partial charge < -0.3 is 15.5 Å². The van der Waals surface area contributed by atoms with Crippen LogP contribution in [0.15, 0.2) is 24.3 Å². The predicted octanol–water partition coefficient (Wildman–Crippen LogP) is 1.53. The fraction of sp³-hybridized carbons (Fsp3) is 0.417. The molecule has 1 aromatic carbocycles. The van der Waals surface area contributed by atoms with Crippen molar-refractivity contribution in [3.05, 3.63) is 35.4 Å². The molecule has 1 rings (SSSR count). The van der Waals surface area contributed by atoms with Crippen LogP contribution in [0.3, 0.4) is 0 Å². The average molecular weight is 277 g/mol. The Morgan fingerprint density at radius 2 is 1.95 bits per heavy atom. The van der Waals surface area contributed by atoms with E-state index in [-0.39, 0.29) is 13.2 Å². The summed E-state index contributed by atoms with van der Waals surface area (Å²) in [5, 5.41) is 19.9. The minimum absolute atomic E-state index is 0.105. The molecule has 1 atom stereocenters. The topological polar surface area (TPSA) is 69.6 Å². The Balaban J connectivity index is 2.54. The Morgan fingerprint density at radius 3 is 2.47 bits per heavy atom. The SMILES string of the molecule is O=C(O)C(CNCc1cccc(CO)c1)C(F)(F)F. The largest absolute Gasteiger partial charge is 0.481 e. The summed E-state index contributed by atoms with van der Waals surface area (Å²) in [5.41, 5.74) is 1.32. The molecule has 19 heavy (non-hydrogen) atoms. The molecule has 0 bridgehead atoms. The first-order valence-electron chi connectivity index (χ1n) is 5.53. The number of benzene rings is 1. The minimum Gasteiger partial charge on any atom is -0.481 e. The number of hydrogen-bond acceptors (Lipinski definition) is 3. The van der Waals surface area contributed by atoms with Gasteiger partial charge in [0.25, 0.3) is 0 Å².